The molecule has 0 radical (unpaired) electrons. The van der Waals surface area contributed by atoms with Crippen molar-refractivity contribution in [3.05, 3.63) is 0 Å². The van der Waals surface area contributed by atoms with Crippen LogP contribution in [0.3, 0.4) is 0 Å². The fraction of sp³-hybridized carbons (Fsp3) is 0.941. The fourth-order valence-corrected chi connectivity index (χ4v) is 5.89. The van der Waals surface area contributed by atoms with Crippen molar-refractivity contribution in [3.63, 3.8) is 0 Å². The summed E-state index contributed by atoms with van der Waals surface area (Å²) in [5.74, 6) is 3.20. The van der Waals surface area contributed by atoms with E-state index in [9.17, 15) is 4.79 Å². The van der Waals surface area contributed by atoms with E-state index in [1.165, 1.54) is 64.2 Å². The highest BCUT2D eigenvalue weighted by molar-refractivity contribution is 5.83. The predicted molar refractivity (Wildman–Crippen MR) is 75.7 cm³/mol. The Kier molecular flexibility index (Phi) is 2.89. The lowest BCUT2D eigenvalue weighted by molar-refractivity contribution is -0.151. The third kappa shape index (κ3) is 2.02. The number of amides is 1. The van der Waals surface area contributed by atoms with Crippen LogP contribution < -0.4 is 0 Å². The molecular weight excluding hydrogens is 234 g/mol. The summed E-state index contributed by atoms with van der Waals surface area (Å²) < 4.78 is 0. The second-order valence-corrected chi connectivity index (χ2v) is 7.89. The molecule has 19 heavy (non-hydrogen) atoms. The van der Waals surface area contributed by atoms with E-state index < -0.39 is 0 Å². The summed E-state index contributed by atoms with van der Waals surface area (Å²) in [5, 5.41) is 0. The number of fused-ring (bicyclic) bond motifs is 1. The van der Waals surface area contributed by atoms with Gasteiger partial charge in [0.05, 0.1) is 5.41 Å². The Morgan fingerprint density at radius 2 is 1.42 bits per heavy atom. The van der Waals surface area contributed by atoms with E-state index in [0.717, 1.165) is 30.8 Å². The van der Waals surface area contributed by atoms with E-state index in [-0.39, 0.29) is 5.41 Å². The molecule has 2 atom stereocenters. The summed E-state index contributed by atoms with van der Waals surface area (Å²) >= 11 is 0. The molecule has 0 unspecified atom stereocenters. The van der Waals surface area contributed by atoms with Crippen molar-refractivity contribution in [1.82, 2.24) is 4.90 Å². The average Bonchev–Trinajstić information content (AvgIpc) is 2.65. The normalized spacial score (nSPS) is 45.3. The Morgan fingerprint density at radius 3 is 2.05 bits per heavy atom. The lowest BCUT2D eigenvalue weighted by atomic mass is 9.58. The van der Waals surface area contributed by atoms with Gasteiger partial charge in [-0.2, -0.15) is 0 Å². The van der Waals surface area contributed by atoms with Crippen molar-refractivity contribution in [2.75, 3.05) is 13.1 Å². The van der Waals surface area contributed by atoms with E-state index in [1.807, 2.05) is 0 Å². The zero-order valence-electron chi connectivity index (χ0n) is 12.1. The van der Waals surface area contributed by atoms with Gasteiger partial charge in [-0.1, -0.05) is 12.8 Å². The van der Waals surface area contributed by atoms with Gasteiger partial charge in [-0.15, -0.1) is 0 Å². The van der Waals surface area contributed by atoms with Gasteiger partial charge >= 0.3 is 0 Å². The van der Waals surface area contributed by atoms with Crippen LogP contribution in [-0.4, -0.2) is 23.9 Å². The molecule has 0 aromatic heterocycles. The largest absolute Gasteiger partial charge is 0.342 e. The first-order chi connectivity index (χ1) is 9.25. The highest BCUT2D eigenvalue weighted by Crippen LogP contribution is 2.58. The third-order valence-corrected chi connectivity index (χ3v) is 6.45. The second kappa shape index (κ2) is 4.49. The number of piperidine rings is 1. The molecule has 5 aliphatic rings. The molecular formula is C17H27NO. The van der Waals surface area contributed by atoms with Crippen molar-refractivity contribution >= 4 is 5.91 Å². The molecule has 0 spiro atoms. The van der Waals surface area contributed by atoms with Gasteiger partial charge in [-0.05, 0) is 69.1 Å². The zero-order valence-corrected chi connectivity index (χ0v) is 12.1. The van der Waals surface area contributed by atoms with Crippen LogP contribution in [0.15, 0.2) is 0 Å². The van der Waals surface area contributed by atoms with Gasteiger partial charge in [0.15, 0.2) is 0 Å². The van der Waals surface area contributed by atoms with Gasteiger partial charge < -0.3 is 4.90 Å². The van der Waals surface area contributed by atoms with E-state index in [1.54, 1.807) is 0 Å². The van der Waals surface area contributed by atoms with Crippen LogP contribution in [0, 0.1) is 23.2 Å². The number of carbonyl (C=O) groups excluding carboxylic acids is 1. The minimum Gasteiger partial charge on any atom is -0.342 e. The first-order valence-corrected chi connectivity index (χ1v) is 8.55. The molecule has 4 saturated carbocycles. The quantitative estimate of drug-likeness (QED) is 0.706. The molecule has 4 aliphatic carbocycles. The lowest BCUT2D eigenvalue weighted by Gasteiger charge is -2.49. The average molecular weight is 261 g/mol. The highest BCUT2D eigenvalue weighted by atomic mass is 16.2. The number of hydrogen-bond donors (Lipinski definition) is 0. The molecule has 4 bridgehead atoms. The maximum absolute atomic E-state index is 13.1. The topological polar surface area (TPSA) is 20.3 Å². The Labute approximate surface area is 116 Å². The number of carbonyl (C=O) groups is 1. The standard InChI is InChI=1S/C17H27NO/c19-16(18-6-2-1-3-7-18)17-10-13-4-5-14(11-17)9-15(8-13)12-17/h13-15H,1-12H2/t13-,14-,15?,17?/m1/s1. The van der Waals surface area contributed by atoms with Crippen LogP contribution in [0.25, 0.3) is 0 Å². The lowest BCUT2D eigenvalue weighted by Crippen LogP contribution is -2.51. The van der Waals surface area contributed by atoms with Gasteiger partial charge in [0, 0.05) is 13.1 Å². The Bertz CT molecular complexity index is 355. The minimum absolute atomic E-state index is 0.0876. The smallest absolute Gasteiger partial charge is 0.228 e. The Morgan fingerprint density at radius 1 is 0.842 bits per heavy atom. The summed E-state index contributed by atoms with van der Waals surface area (Å²) in [6.07, 6.45) is 13.2. The molecule has 5 fully saturated rings. The molecule has 5 rings (SSSR count). The Balaban J connectivity index is 1.59. The van der Waals surface area contributed by atoms with Gasteiger partial charge in [0.25, 0.3) is 0 Å². The van der Waals surface area contributed by atoms with Crippen molar-refractivity contribution < 1.29 is 4.79 Å². The first-order valence-electron chi connectivity index (χ1n) is 8.55. The molecule has 2 heteroatoms. The van der Waals surface area contributed by atoms with Crippen molar-refractivity contribution in [2.24, 2.45) is 23.2 Å². The van der Waals surface area contributed by atoms with Crippen LogP contribution in [0.5, 0.6) is 0 Å². The summed E-state index contributed by atoms with van der Waals surface area (Å²) in [4.78, 5) is 15.4. The first kappa shape index (κ1) is 12.2. The summed E-state index contributed by atoms with van der Waals surface area (Å²) in [6.45, 7) is 2.08. The fourth-order valence-electron chi connectivity index (χ4n) is 5.89. The van der Waals surface area contributed by atoms with E-state index in [0.29, 0.717) is 5.91 Å². The van der Waals surface area contributed by atoms with Crippen LogP contribution >= 0.6 is 0 Å². The molecule has 1 aliphatic heterocycles. The molecule has 106 valence electrons. The highest BCUT2D eigenvalue weighted by Gasteiger charge is 2.53. The van der Waals surface area contributed by atoms with Crippen molar-refractivity contribution in [1.29, 1.82) is 0 Å². The van der Waals surface area contributed by atoms with Crippen LogP contribution in [0.1, 0.15) is 64.2 Å². The molecule has 2 nitrogen and oxygen atoms in total. The van der Waals surface area contributed by atoms with Crippen LogP contribution in [0.2, 0.25) is 0 Å². The van der Waals surface area contributed by atoms with Crippen LogP contribution in [0.4, 0.5) is 0 Å². The van der Waals surface area contributed by atoms with E-state index in [4.69, 9.17) is 0 Å². The van der Waals surface area contributed by atoms with E-state index in [2.05, 4.69) is 4.90 Å². The van der Waals surface area contributed by atoms with Gasteiger partial charge in [0.1, 0.15) is 0 Å². The summed E-state index contributed by atoms with van der Waals surface area (Å²) in [7, 11) is 0. The van der Waals surface area contributed by atoms with Crippen LogP contribution in [-0.2, 0) is 4.79 Å². The SMILES string of the molecule is O=C(N1CCCCC1)C12CC3C[C@@H](CC[C@H](C3)C1)C2. The molecule has 0 aromatic rings. The monoisotopic (exact) mass is 261 g/mol. The molecule has 0 N–H and O–H groups in total. The van der Waals surface area contributed by atoms with Crippen molar-refractivity contribution in [2.45, 2.75) is 64.2 Å². The number of nitrogens with zero attached hydrogens (tertiary/aromatic N) is 1. The maximum atomic E-state index is 13.1. The van der Waals surface area contributed by atoms with Gasteiger partial charge in [0.2, 0.25) is 5.91 Å². The maximum Gasteiger partial charge on any atom is 0.228 e. The number of likely N-dealkylation sites (tertiary alicyclic amines) is 1. The minimum atomic E-state index is 0.0876. The summed E-state index contributed by atoms with van der Waals surface area (Å²) in [5.41, 5.74) is 0.0876. The molecule has 0 aromatic carbocycles. The zero-order chi connectivity index (χ0) is 12.9. The van der Waals surface area contributed by atoms with E-state index >= 15 is 0 Å². The van der Waals surface area contributed by atoms with Crippen molar-refractivity contribution in [3.8, 4) is 0 Å². The van der Waals surface area contributed by atoms with Gasteiger partial charge in [-0.25, -0.2) is 0 Å². The molecule has 1 heterocycles. The third-order valence-electron chi connectivity index (χ3n) is 6.45. The van der Waals surface area contributed by atoms with Gasteiger partial charge in [-0.3, -0.25) is 4.79 Å². The number of hydrogen-bond acceptors (Lipinski definition) is 1. The predicted octanol–water partition coefficient (Wildman–Crippen LogP) is 3.61. The molecule has 1 saturated heterocycles. The number of rotatable bonds is 1. The second-order valence-electron chi connectivity index (χ2n) is 7.89. The molecule has 1 amide bonds. The summed E-state index contributed by atoms with van der Waals surface area (Å²) in [6, 6.07) is 0. The Hall–Kier alpha value is -0.530.